The van der Waals surface area contributed by atoms with Crippen molar-refractivity contribution in [3.63, 3.8) is 0 Å². The number of amides is 1. The monoisotopic (exact) mass is 359 g/mol. The number of H-pyrrole nitrogens is 1. The average molecular weight is 359 g/mol. The summed E-state index contributed by atoms with van der Waals surface area (Å²) in [5.74, 6) is 1.88. The van der Waals surface area contributed by atoms with Crippen LogP contribution in [-0.2, 0) is 4.79 Å². The maximum atomic E-state index is 12.9. The van der Waals surface area contributed by atoms with Gasteiger partial charge in [0.2, 0.25) is 11.9 Å². The molecule has 2 aromatic heterocycles. The molecule has 0 radical (unpaired) electrons. The highest BCUT2D eigenvalue weighted by molar-refractivity contribution is 5.80. The Labute approximate surface area is 151 Å². The molecule has 0 saturated carbocycles. The SMILES string of the molecule is CC(C)c1nccn1[C@H](C)C(=O)N1CCN(c2cc(=O)[nH]c(N)n2)CC1. The van der Waals surface area contributed by atoms with Gasteiger partial charge in [0.05, 0.1) is 0 Å². The zero-order chi connectivity index (χ0) is 18.8. The third-order valence-corrected chi connectivity index (χ3v) is 4.65. The largest absolute Gasteiger partial charge is 0.369 e. The minimum atomic E-state index is -0.296. The smallest absolute Gasteiger partial charge is 0.254 e. The molecule has 9 heteroatoms. The molecule has 9 nitrogen and oxygen atoms in total. The van der Waals surface area contributed by atoms with Crippen molar-refractivity contribution < 1.29 is 4.79 Å². The molecule has 1 aliphatic rings. The molecular formula is C17H25N7O2. The molecule has 0 spiro atoms. The molecule has 3 heterocycles. The van der Waals surface area contributed by atoms with Crippen molar-refractivity contribution in [1.82, 2.24) is 24.4 Å². The summed E-state index contributed by atoms with van der Waals surface area (Å²) >= 11 is 0. The number of imidazole rings is 1. The van der Waals surface area contributed by atoms with Crippen LogP contribution in [0.1, 0.15) is 38.6 Å². The van der Waals surface area contributed by atoms with E-state index < -0.39 is 0 Å². The predicted octanol–water partition coefficient (Wildman–Crippen LogP) is 0.582. The Morgan fingerprint density at radius 1 is 1.23 bits per heavy atom. The van der Waals surface area contributed by atoms with E-state index in [4.69, 9.17) is 5.73 Å². The molecule has 1 aliphatic heterocycles. The number of aromatic nitrogens is 4. The lowest BCUT2D eigenvalue weighted by atomic mass is 10.2. The lowest BCUT2D eigenvalue weighted by Gasteiger charge is -2.36. The van der Waals surface area contributed by atoms with Crippen molar-refractivity contribution in [3.8, 4) is 0 Å². The van der Waals surface area contributed by atoms with Gasteiger partial charge in [-0.15, -0.1) is 0 Å². The van der Waals surface area contributed by atoms with Crippen LogP contribution in [-0.4, -0.2) is 56.5 Å². The molecule has 3 N–H and O–H groups in total. The number of nitrogen functional groups attached to an aromatic ring is 1. The fourth-order valence-electron chi connectivity index (χ4n) is 3.26. The van der Waals surface area contributed by atoms with Gasteiger partial charge in [-0.1, -0.05) is 13.8 Å². The number of piperazine rings is 1. The minimum absolute atomic E-state index is 0.0722. The Hall–Kier alpha value is -2.84. The normalized spacial score (nSPS) is 16.2. The van der Waals surface area contributed by atoms with Gasteiger partial charge in [-0.25, -0.2) is 4.98 Å². The molecule has 1 saturated heterocycles. The number of rotatable bonds is 4. The fraction of sp³-hybridized carbons (Fsp3) is 0.529. The van der Waals surface area contributed by atoms with Crippen molar-refractivity contribution in [1.29, 1.82) is 0 Å². The van der Waals surface area contributed by atoms with Gasteiger partial charge in [0.1, 0.15) is 17.7 Å². The van der Waals surface area contributed by atoms with Gasteiger partial charge in [0.25, 0.3) is 5.56 Å². The molecule has 2 aromatic rings. The second-order valence-corrected chi connectivity index (χ2v) is 6.82. The van der Waals surface area contributed by atoms with E-state index in [1.54, 1.807) is 6.20 Å². The number of hydrogen-bond acceptors (Lipinski definition) is 6. The molecule has 1 amide bonds. The maximum absolute atomic E-state index is 12.9. The van der Waals surface area contributed by atoms with Crippen molar-refractivity contribution >= 4 is 17.7 Å². The molecule has 1 atom stereocenters. The van der Waals surface area contributed by atoms with E-state index in [-0.39, 0.29) is 29.4 Å². The predicted molar refractivity (Wildman–Crippen MR) is 99.1 cm³/mol. The van der Waals surface area contributed by atoms with Gasteiger partial charge in [-0.05, 0) is 6.92 Å². The molecule has 26 heavy (non-hydrogen) atoms. The number of nitrogens with two attached hydrogens (primary N) is 1. The van der Waals surface area contributed by atoms with Crippen LogP contribution < -0.4 is 16.2 Å². The summed E-state index contributed by atoms with van der Waals surface area (Å²) in [6.07, 6.45) is 3.59. The van der Waals surface area contributed by atoms with Crippen molar-refractivity contribution in [3.05, 3.63) is 34.6 Å². The summed E-state index contributed by atoms with van der Waals surface area (Å²) in [4.78, 5) is 39.2. The molecular weight excluding hydrogens is 334 g/mol. The summed E-state index contributed by atoms with van der Waals surface area (Å²) in [6, 6.07) is 1.13. The van der Waals surface area contributed by atoms with Gasteiger partial charge < -0.3 is 20.1 Å². The number of carbonyl (C=O) groups is 1. The number of carbonyl (C=O) groups excluding carboxylic acids is 1. The van der Waals surface area contributed by atoms with E-state index in [0.717, 1.165) is 5.82 Å². The van der Waals surface area contributed by atoms with E-state index in [0.29, 0.717) is 32.0 Å². The van der Waals surface area contributed by atoms with Crippen LogP contribution in [0, 0.1) is 0 Å². The van der Waals surface area contributed by atoms with Gasteiger partial charge in [-0.2, -0.15) is 4.98 Å². The van der Waals surface area contributed by atoms with Crippen molar-refractivity contribution in [2.75, 3.05) is 36.8 Å². The second-order valence-electron chi connectivity index (χ2n) is 6.82. The summed E-state index contributed by atoms with van der Waals surface area (Å²) < 4.78 is 1.94. The molecule has 3 rings (SSSR count). The van der Waals surface area contributed by atoms with Crippen molar-refractivity contribution in [2.45, 2.75) is 32.7 Å². The van der Waals surface area contributed by atoms with Crippen LogP contribution in [0.3, 0.4) is 0 Å². The molecule has 0 aliphatic carbocycles. The number of hydrogen-bond donors (Lipinski definition) is 2. The van der Waals surface area contributed by atoms with Gasteiger partial charge in [0.15, 0.2) is 0 Å². The van der Waals surface area contributed by atoms with E-state index in [9.17, 15) is 9.59 Å². The quantitative estimate of drug-likeness (QED) is 0.826. The van der Waals surface area contributed by atoms with Crippen LogP contribution in [0.25, 0.3) is 0 Å². The molecule has 0 unspecified atom stereocenters. The maximum Gasteiger partial charge on any atom is 0.254 e. The summed E-state index contributed by atoms with van der Waals surface area (Å²) in [5.41, 5.74) is 5.33. The Balaban J connectivity index is 1.66. The summed E-state index contributed by atoms with van der Waals surface area (Å²) in [6.45, 7) is 8.39. The lowest BCUT2D eigenvalue weighted by Crippen LogP contribution is -2.50. The second kappa shape index (κ2) is 7.19. The standard InChI is InChI=1S/C17H25N7O2/c1-11(2)15-19-4-5-24(15)12(3)16(26)23-8-6-22(7-9-23)13-10-14(25)21-17(18)20-13/h4-5,10-12H,6-9H2,1-3H3,(H3,18,20,21,25)/t12-/m1/s1. The first-order chi connectivity index (χ1) is 12.4. The zero-order valence-electron chi connectivity index (χ0n) is 15.3. The molecule has 140 valence electrons. The minimum Gasteiger partial charge on any atom is -0.369 e. The van der Waals surface area contributed by atoms with Crippen molar-refractivity contribution in [2.24, 2.45) is 0 Å². The Bertz CT molecular complexity index is 834. The first-order valence-corrected chi connectivity index (χ1v) is 8.80. The van der Waals surface area contributed by atoms with E-state index in [1.807, 2.05) is 27.5 Å². The molecule has 0 bridgehead atoms. The number of aromatic amines is 1. The molecule has 1 fully saturated rings. The third kappa shape index (κ3) is 3.56. The number of nitrogens with zero attached hydrogens (tertiary/aromatic N) is 5. The van der Waals surface area contributed by atoms with Crippen LogP contribution in [0.4, 0.5) is 11.8 Å². The average Bonchev–Trinajstić information content (AvgIpc) is 3.10. The van der Waals surface area contributed by atoms with Crippen LogP contribution in [0.2, 0.25) is 0 Å². The van der Waals surface area contributed by atoms with E-state index in [2.05, 4.69) is 28.8 Å². The highest BCUT2D eigenvalue weighted by Crippen LogP contribution is 2.20. The first-order valence-electron chi connectivity index (χ1n) is 8.80. The summed E-state index contributed by atoms with van der Waals surface area (Å²) in [7, 11) is 0. The fourth-order valence-corrected chi connectivity index (χ4v) is 3.26. The van der Waals surface area contributed by atoms with Crippen LogP contribution >= 0.6 is 0 Å². The topological polar surface area (TPSA) is 113 Å². The highest BCUT2D eigenvalue weighted by atomic mass is 16.2. The van der Waals surface area contributed by atoms with Gasteiger partial charge in [0, 0.05) is 50.6 Å². The number of anilines is 2. The van der Waals surface area contributed by atoms with E-state index in [1.165, 1.54) is 6.07 Å². The van der Waals surface area contributed by atoms with Crippen LogP contribution in [0.5, 0.6) is 0 Å². The van der Waals surface area contributed by atoms with Gasteiger partial charge in [-0.3, -0.25) is 14.6 Å². The van der Waals surface area contributed by atoms with Crippen LogP contribution in [0.15, 0.2) is 23.3 Å². The Morgan fingerprint density at radius 3 is 2.54 bits per heavy atom. The lowest BCUT2D eigenvalue weighted by molar-refractivity contribution is -0.134. The van der Waals surface area contributed by atoms with E-state index >= 15 is 0 Å². The first kappa shape index (κ1) is 18.0. The Morgan fingerprint density at radius 2 is 1.92 bits per heavy atom. The van der Waals surface area contributed by atoms with Gasteiger partial charge >= 0.3 is 0 Å². The summed E-state index contributed by atoms with van der Waals surface area (Å²) in [5, 5.41) is 0. The molecule has 0 aromatic carbocycles. The number of nitrogens with one attached hydrogen (secondary N) is 1. The zero-order valence-corrected chi connectivity index (χ0v) is 15.3. The highest BCUT2D eigenvalue weighted by Gasteiger charge is 2.27. The third-order valence-electron chi connectivity index (χ3n) is 4.65. The Kier molecular flexibility index (Phi) is 4.97.